The molecule has 1 atom stereocenters. The lowest BCUT2D eigenvalue weighted by atomic mass is 10.0. The van der Waals surface area contributed by atoms with E-state index < -0.39 is 8.07 Å². The molecule has 2 aromatic heterocycles. The molecule has 184 valence electrons. The van der Waals surface area contributed by atoms with Gasteiger partial charge in [-0.3, -0.25) is 9.78 Å². The van der Waals surface area contributed by atoms with E-state index in [9.17, 15) is 4.79 Å². The average Bonchev–Trinajstić information content (AvgIpc) is 3.54. The molecule has 5 rings (SSSR count). The van der Waals surface area contributed by atoms with E-state index in [4.69, 9.17) is 4.74 Å². The number of hydrogen-bond donors (Lipinski definition) is 0. The van der Waals surface area contributed by atoms with E-state index in [0.29, 0.717) is 25.2 Å². The fraction of sp³-hybridized carbons (Fsp3) is 0.464. The molecule has 1 amide bonds. The summed E-state index contributed by atoms with van der Waals surface area (Å²) in [5.41, 5.74) is 6.02. The number of carbonyl (C=O) groups excluding carboxylic acids is 1. The van der Waals surface area contributed by atoms with Gasteiger partial charge < -0.3 is 14.2 Å². The molecule has 0 radical (unpaired) electrons. The number of aryl methyl sites for hydroxylation is 1. The molecule has 6 nitrogen and oxygen atoms in total. The zero-order valence-electron chi connectivity index (χ0n) is 21.5. The minimum absolute atomic E-state index is 0.174. The summed E-state index contributed by atoms with van der Waals surface area (Å²) in [7, 11) is -1.13. The van der Waals surface area contributed by atoms with Crippen LogP contribution in [0.5, 0.6) is 0 Å². The van der Waals surface area contributed by atoms with Crippen LogP contribution in [0.1, 0.15) is 41.4 Å². The maximum absolute atomic E-state index is 13.0. The number of hydrogen-bond acceptors (Lipinski definition) is 4. The van der Waals surface area contributed by atoms with Crippen LogP contribution in [0, 0.1) is 12.8 Å². The van der Waals surface area contributed by atoms with Gasteiger partial charge in [0, 0.05) is 50.9 Å². The van der Waals surface area contributed by atoms with Crippen molar-refractivity contribution < 1.29 is 9.53 Å². The molecule has 3 aromatic rings. The third-order valence-corrected chi connectivity index (χ3v) is 9.03. The number of pyridine rings is 1. The Labute approximate surface area is 209 Å². The molecule has 0 saturated heterocycles. The van der Waals surface area contributed by atoms with Crippen molar-refractivity contribution >= 4 is 14.0 Å². The molecule has 1 aromatic carbocycles. The van der Waals surface area contributed by atoms with Crippen molar-refractivity contribution in [3.05, 3.63) is 59.5 Å². The molecular weight excluding hydrogens is 452 g/mol. The number of aromatic nitrogens is 3. The smallest absolute Gasteiger partial charge is 0.254 e. The lowest BCUT2D eigenvalue weighted by Crippen LogP contribution is -2.34. The van der Waals surface area contributed by atoms with Crippen LogP contribution >= 0.6 is 0 Å². The van der Waals surface area contributed by atoms with Gasteiger partial charge in [-0.25, -0.2) is 4.98 Å². The lowest BCUT2D eigenvalue weighted by Gasteiger charge is -2.23. The largest absolute Gasteiger partial charge is 0.361 e. The van der Waals surface area contributed by atoms with Gasteiger partial charge in [0.2, 0.25) is 0 Å². The van der Waals surface area contributed by atoms with Crippen LogP contribution in [0.15, 0.2) is 42.7 Å². The van der Waals surface area contributed by atoms with E-state index in [2.05, 4.69) is 59.3 Å². The predicted octanol–water partition coefficient (Wildman–Crippen LogP) is 5.99. The van der Waals surface area contributed by atoms with Gasteiger partial charge in [-0.15, -0.1) is 0 Å². The number of carbonyl (C=O) groups is 1. The number of amides is 1. The van der Waals surface area contributed by atoms with Gasteiger partial charge in [0.15, 0.2) is 5.82 Å². The quantitative estimate of drug-likeness (QED) is 0.274. The second-order valence-corrected chi connectivity index (χ2v) is 16.9. The third kappa shape index (κ3) is 5.11. The molecule has 3 heterocycles. The first-order valence-electron chi connectivity index (χ1n) is 12.7. The summed E-state index contributed by atoms with van der Waals surface area (Å²) in [6.07, 6.45) is 6.20. The van der Waals surface area contributed by atoms with Gasteiger partial charge in [-0.1, -0.05) is 25.7 Å². The third-order valence-electron chi connectivity index (χ3n) is 7.33. The Morgan fingerprint density at radius 1 is 1.11 bits per heavy atom. The highest BCUT2D eigenvalue weighted by molar-refractivity contribution is 6.76. The molecule has 35 heavy (non-hydrogen) atoms. The maximum atomic E-state index is 13.0. The fourth-order valence-corrected chi connectivity index (χ4v) is 5.54. The summed E-state index contributed by atoms with van der Waals surface area (Å²) in [4.78, 5) is 24.3. The highest BCUT2D eigenvalue weighted by atomic mass is 28.3. The minimum Gasteiger partial charge on any atom is -0.361 e. The van der Waals surface area contributed by atoms with E-state index in [1.54, 1.807) is 0 Å². The monoisotopic (exact) mass is 488 g/mol. The van der Waals surface area contributed by atoms with E-state index in [0.717, 1.165) is 52.1 Å². The minimum atomic E-state index is -1.13. The Bertz CT molecular complexity index is 1240. The van der Waals surface area contributed by atoms with Crippen LogP contribution in [0.2, 0.25) is 25.7 Å². The van der Waals surface area contributed by atoms with Crippen molar-refractivity contribution in [2.75, 3.05) is 6.61 Å². The number of ether oxygens (including phenoxy) is 1. The van der Waals surface area contributed by atoms with Gasteiger partial charge in [-0.2, -0.15) is 0 Å². The summed E-state index contributed by atoms with van der Waals surface area (Å²) in [6, 6.07) is 11.8. The molecule has 7 heteroatoms. The topological polar surface area (TPSA) is 60.2 Å². The zero-order chi connectivity index (χ0) is 24.7. The Balaban J connectivity index is 1.36. The molecule has 2 aliphatic rings. The van der Waals surface area contributed by atoms with Crippen molar-refractivity contribution in [3.63, 3.8) is 0 Å². The summed E-state index contributed by atoms with van der Waals surface area (Å²) in [5, 5.41) is 0. The molecule has 0 unspecified atom stereocenters. The Hall–Kier alpha value is -2.77. The van der Waals surface area contributed by atoms with Crippen LogP contribution in [0.4, 0.5) is 0 Å². The van der Waals surface area contributed by atoms with Gasteiger partial charge >= 0.3 is 0 Å². The number of benzene rings is 1. The molecule has 1 aliphatic heterocycles. The number of rotatable bonds is 9. The normalized spacial score (nSPS) is 16.6. The van der Waals surface area contributed by atoms with Crippen LogP contribution in [0.25, 0.3) is 22.6 Å². The molecule has 1 saturated carbocycles. The molecule has 0 spiro atoms. The summed E-state index contributed by atoms with van der Waals surface area (Å²) in [6.45, 7) is 13.3. The number of fused-ring (bicyclic) bond motifs is 1. The number of imidazole rings is 1. The summed E-state index contributed by atoms with van der Waals surface area (Å²) in [5.74, 6) is 1.66. The second-order valence-electron chi connectivity index (χ2n) is 11.3. The van der Waals surface area contributed by atoms with Crippen molar-refractivity contribution in [2.45, 2.75) is 71.7 Å². The summed E-state index contributed by atoms with van der Waals surface area (Å²) >= 11 is 0. The predicted molar refractivity (Wildman–Crippen MR) is 142 cm³/mol. The first-order valence-corrected chi connectivity index (χ1v) is 16.4. The van der Waals surface area contributed by atoms with E-state index in [1.807, 2.05) is 36.4 Å². The van der Waals surface area contributed by atoms with Crippen LogP contribution in [0.3, 0.4) is 0 Å². The summed E-state index contributed by atoms with van der Waals surface area (Å²) < 4.78 is 8.11. The van der Waals surface area contributed by atoms with Crippen LogP contribution in [-0.4, -0.2) is 46.1 Å². The first kappa shape index (κ1) is 23.9. The van der Waals surface area contributed by atoms with E-state index >= 15 is 0 Å². The van der Waals surface area contributed by atoms with Crippen LogP contribution < -0.4 is 0 Å². The molecular formula is C28H36N4O2Si. The maximum Gasteiger partial charge on any atom is 0.254 e. The van der Waals surface area contributed by atoms with Crippen molar-refractivity contribution in [2.24, 2.45) is 5.92 Å². The molecule has 0 bridgehead atoms. The second kappa shape index (κ2) is 9.35. The van der Waals surface area contributed by atoms with Crippen molar-refractivity contribution in [1.82, 2.24) is 19.4 Å². The van der Waals surface area contributed by atoms with Gasteiger partial charge in [0.1, 0.15) is 12.4 Å². The van der Waals surface area contributed by atoms with Crippen molar-refractivity contribution in [1.29, 1.82) is 0 Å². The average molecular weight is 489 g/mol. The SMILES string of the molecule is Cc1cnc(-c2cc(-c3ccc4c(c3)CN([C@@H](C)C3CC3)C4=O)ccn2)n1COCC[Si](C)(C)C. The van der Waals surface area contributed by atoms with E-state index in [-0.39, 0.29) is 5.91 Å². The van der Waals surface area contributed by atoms with Gasteiger partial charge in [0.25, 0.3) is 5.91 Å². The lowest BCUT2D eigenvalue weighted by molar-refractivity contribution is 0.0697. The van der Waals surface area contributed by atoms with Crippen molar-refractivity contribution in [3.8, 4) is 22.6 Å². The van der Waals surface area contributed by atoms with Gasteiger partial charge in [0.05, 0.1) is 0 Å². The van der Waals surface area contributed by atoms with Gasteiger partial charge in [-0.05, 0) is 79.6 Å². The fourth-order valence-electron chi connectivity index (χ4n) is 4.78. The molecule has 1 fully saturated rings. The molecule has 1 aliphatic carbocycles. The molecule has 0 N–H and O–H groups in total. The van der Waals surface area contributed by atoms with Crippen LogP contribution in [-0.2, 0) is 18.0 Å². The zero-order valence-corrected chi connectivity index (χ0v) is 22.5. The Kier molecular flexibility index (Phi) is 6.40. The highest BCUT2D eigenvalue weighted by Gasteiger charge is 2.38. The number of nitrogens with zero attached hydrogens (tertiary/aromatic N) is 4. The standard InChI is InChI=1S/C28H36N4O2Si/c1-19-16-30-27(32(19)18-34-12-13-35(3,4)5)26-15-23(10-11-29-26)22-8-9-25-24(14-22)17-31(28(25)33)20(2)21-6-7-21/h8-11,14-16,20-21H,6-7,12-13,17-18H2,1-5H3/t20-/m0/s1. The highest BCUT2D eigenvalue weighted by Crippen LogP contribution is 2.39. The Morgan fingerprint density at radius 3 is 2.63 bits per heavy atom. The van der Waals surface area contributed by atoms with E-state index in [1.165, 1.54) is 12.8 Å². The Morgan fingerprint density at radius 2 is 1.89 bits per heavy atom. The first-order chi connectivity index (χ1) is 16.7.